The number of carbonyl (C=O) groups is 2. The van der Waals surface area contributed by atoms with Crippen LogP contribution in [0.4, 0.5) is 0 Å². The molecule has 0 aliphatic heterocycles. The number of ether oxygens (including phenoxy) is 2. The second kappa shape index (κ2) is 11.9. The monoisotopic (exact) mass is 414 g/mol. The Morgan fingerprint density at radius 1 is 0.806 bits per heavy atom. The third-order valence-electron chi connectivity index (χ3n) is 4.07. The zero-order valence-electron chi connectivity index (χ0n) is 17.8. The Bertz CT molecular complexity index is 1090. The lowest BCUT2D eigenvalue weighted by atomic mass is 10.1. The molecule has 4 heteroatoms. The van der Waals surface area contributed by atoms with E-state index >= 15 is 0 Å². The van der Waals surface area contributed by atoms with Gasteiger partial charge in [0.2, 0.25) is 0 Å². The van der Waals surface area contributed by atoms with Crippen LogP contribution in [0, 0.1) is 0 Å². The molecule has 3 rings (SSSR count). The van der Waals surface area contributed by atoms with E-state index in [0.29, 0.717) is 16.9 Å². The topological polar surface area (TPSA) is 52.6 Å². The van der Waals surface area contributed by atoms with Gasteiger partial charge < -0.3 is 9.47 Å². The van der Waals surface area contributed by atoms with E-state index in [4.69, 9.17) is 9.47 Å². The van der Waals surface area contributed by atoms with Crippen LogP contribution in [0.25, 0.3) is 16.8 Å². The molecule has 31 heavy (non-hydrogen) atoms. The zero-order chi connectivity index (χ0) is 22.6. The van der Waals surface area contributed by atoms with Crippen LogP contribution in [0.3, 0.4) is 0 Å². The molecule has 0 bridgehead atoms. The third-order valence-corrected chi connectivity index (χ3v) is 4.07. The predicted octanol–water partition coefficient (Wildman–Crippen LogP) is 6.14. The minimum atomic E-state index is -0.392. The van der Waals surface area contributed by atoms with Crippen LogP contribution in [0.2, 0.25) is 0 Å². The van der Waals surface area contributed by atoms with Crippen molar-refractivity contribution in [3.05, 3.63) is 109 Å². The van der Waals surface area contributed by atoms with Gasteiger partial charge in [0.15, 0.2) is 0 Å². The average Bonchev–Trinajstić information content (AvgIpc) is 2.78. The minimum Gasteiger partial charge on any atom is -0.458 e. The Hall–Kier alpha value is -3.92. The lowest BCUT2D eigenvalue weighted by molar-refractivity contribution is -0.137. The summed E-state index contributed by atoms with van der Waals surface area (Å²) in [6.07, 6.45) is 3.71. The van der Waals surface area contributed by atoms with E-state index in [1.807, 2.05) is 72.8 Å². The van der Waals surface area contributed by atoms with Gasteiger partial charge in [-0.25, -0.2) is 9.59 Å². The van der Waals surface area contributed by atoms with Crippen molar-refractivity contribution >= 4 is 28.8 Å². The summed E-state index contributed by atoms with van der Waals surface area (Å²) in [6.45, 7) is 10.6. The molecule has 0 spiro atoms. The summed E-state index contributed by atoms with van der Waals surface area (Å²) in [6, 6.07) is 23.2. The quantitative estimate of drug-likeness (QED) is 0.276. The summed E-state index contributed by atoms with van der Waals surface area (Å²) in [5, 5.41) is 1.98. The van der Waals surface area contributed by atoms with Gasteiger partial charge in [0.25, 0.3) is 0 Å². The van der Waals surface area contributed by atoms with Gasteiger partial charge in [0.05, 0.1) is 0 Å². The molecule has 0 heterocycles. The molecule has 0 radical (unpaired) electrons. The first-order chi connectivity index (χ1) is 14.9. The molecular weight excluding hydrogens is 388 g/mol. The number of esters is 2. The van der Waals surface area contributed by atoms with E-state index in [0.717, 1.165) is 16.3 Å². The Balaban J connectivity index is 0.000000221. The molecule has 3 aromatic carbocycles. The molecule has 3 aromatic rings. The van der Waals surface area contributed by atoms with Gasteiger partial charge in [0, 0.05) is 16.5 Å². The molecule has 0 fully saturated rings. The zero-order valence-corrected chi connectivity index (χ0v) is 17.8. The van der Waals surface area contributed by atoms with Crippen LogP contribution in [0.15, 0.2) is 103 Å². The van der Waals surface area contributed by atoms with Gasteiger partial charge in [-0.1, -0.05) is 86.0 Å². The van der Waals surface area contributed by atoms with Gasteiger partial charge in [-0.2, -0.15) is 0 Å². The van der Waals surface area contributed by atoms with E-state index in [-0.39, 0.29) is 12.6 Å². The molecule has 0 N–H and O–H groups in total. The Morgan fingerprint density at radius 2 is 1.42 bits per heavy atom. The van der Waals surface area contributed by atoms with Crippen molar-refractivity contribution < 1.29 is 19.1 Å². The van der Waals surface area contributed by atoms with E-state index in [2.05, 4.69) is 13.2 Å². The van der Waals surface area contributed by atoms with Gasteiger partial charge in [-0.05, 0) is 36.9 Å². The van der Waals surface area contributed by atoms with Crippen LogP contribution in [-0.4, -0.2) is 18.5 Å². The average molecular weight is 415 g/mol. The molecule has 158 valence electrons. The van der Waals surface area contributed by atoms with Crippen molar-refractivity contribution in [2.75, 3.05) is 6.61 Å². The van der Waals surface area contributed by atoms with Gasteiger partial charge in [0.1, 0.15) is 12.4 Å². The van der Waals surface area contributed by atoms with Crippen molar-refractivity contribution in [1.82, 2.24) is 0 Å². The lowest BCUT2D eigenvalue weighted by Crippen LogP contribution is -2.08. The van der Waals surface area contributed by atoms with Crippen LogP contribution in [0.5, 0.6) is 5.75 Å². The number of benzene rings is 3. The maximum atomic E-state index is 11.4. The fraction of sp³-hybridized carbons (Fsp3) is 0.111. The van der Waals surface area contributed by atoms with Crippen molar-refractivity contribution in [1.29, 1.82) is 0 Å². The van der Waals surface area contributed by atoms with E-state index in [1.54, 1.807) is 26.0 Å². The lowest BCUT2D eigenvalue weighted by Gasteiger charge is -2.06. The normalized spacial score (nSPS) is 10.1. The second-order valence-electron chi connectivity index (χ2n) is 6.84. The Kier molecular flexibility index (Phi) is 8.99. The number of rotatable bonds is 6. The van der Waals surface area contributed by atoms with E-state index in [1.165, 1.54) is 0 Å². The molecule has 0 unspecified atom stereocenters. The van der Waals surface area contributed by atoms with E-state index in [9.17, 15) is 9.59 Å². The van der Waals surface area contributed by atoms with Crippen LogP contribution in [-0.2, 0) is 14.3 Å². The summed E-state index contributed by atoms with van der Waals surface area (Å²) in [4.78, 5) is 22.4. The maximum Gasteiger partial charge on any atom is 0.338 e. The SMILES string of the molecule is C=C(C)C(=O)OCC=Cc1ccccc1.C=C(C)C(=O)Oc1cccc2ccccc12. The first-order valence-electron chi connectivity index (χ1n) is 9.78. The largest absolute Gasteiger partial charge is 0.458 e. The number of hydrogen-bond donors (Lipinski definition) is 0. The first-order valence-corrected chi connectivity index (χ1v) is 9.78. The predicted molar refractivity (Wildman–Crippen MR) is 126 cm³/mol. The minimum absolute atomic E-state index is 0.278. The highest BCUT2D eigenvalue weighted by atomic mass is 16.5. The molecule has 0 amide bonds. The van der Waals surface area contributed by atoms with Gasteiger partial charge in [-0.3, -0.25) is 0 Å². The first kappa shape index (κ1) is 23.4. The molecule has 0 aliphatic rings. The third kappa shape index (κ3) is 7.78. The van der Waals surface area contributed by atoms with Crippen molar-refractivity contribution in [3.8, 4) is 5.75 Å². The molecule has 0 saturated heterocycles. The molecule has 0 atom stereocenters. The van der Waals surface area contributed by atoms with Gasteiger partial charge in [-0.15, -0.1) is 0 Å². The van der Waals surface area contributed by atoms with Crippen LogP contribution < -0.4 is 4.74 Å². The summed E-state index contributed by atoms with van der Waals surface area (Å²) >= 11 is 0. The highest BCUT2D eigenvalue weighted by Gasteiger charge is 2.07. The smallest absolute Gasteiger partial charge is 0.338 e. The molecule has 4 nitrogen and oxygen atoms in total. The molecule has 0 aliphatic carbocycles. The fourth-order valence-corrected chi connectivity index (χ4v) is 2.47. The molecule has 0 saturated carbocycles. The van der Waals surface area contributed by atoms with Crippen LogP contribution >= 0.6 is 0 Å². The number of carbonyl (C=O) groups excluding carboxylic acids is 2. The van der Waals surface area contributed by atoms with E-state index < -0.39 is 5.97 Å². The summed E-state index contributed by atoms with van der Waals surface area (Å²) in [7, 11) is 0. The van der Waals surface area contributed by atoms with Crippen molar-refractivity contribution in [2.24, 2.45) is 0 Å². The molecular formula is C27H26O4. The summed E-state index contributed by atoms with van der Waals surface area (Å²) in [5.41, 5.74) is 1.90. The maximum absolute atomic E-state index is 11.4. The summed E-state index contributed by atoms with van der Waals surface area (Å²) < 4.78 is 10.2. The second-order valence-corrected chi connectivity index (χ2v) is 6.84. The Labute approximate surface area is 183 Å². The van der Waals surface area contributed by atoms with Crippen molar-refractivity contribution in [3.63, 3.8) is 0 Å². The summed E-state index contributed by atoms with van der Waals surface area (Å²) in [5.74, 6) is -0.171. The van der Waals surface area contributed by atoms with Crippen LogP contribution in [0.1, 0.15) is 19.4 Å². The Morgan fingerprint density at radius 3 is 2.10 bits per heavy atom. The fourth-order valence-electron chi connectivity index (χ4n) is 2.47. The molecule has 0 aromatic heterocycles. The number of hydrogen-bond acceptors (Lipinski definition) is 4. The van der Waals surface area contributed by atoms with Gasteiger partial charge >= 0.3 is 11.9 Å². The van der Waals surface area contributed by atoms with Crippen molar-refractivity contribution in [2.45, 2.75) is 13.8 Å². The highest BCUT2D eigenvalue weighted by Crippen LogP contribution is 2.25. The highest BCUT2D eigenvalue weighted by molar-refractivity contribution is 5.94. The standard InChI is InChI=1S/C14H12O2.C13H14O2/c1-10(2)14(15)16-13-9-5-7-11-6-3-4-8-12(11)13;1-11(2)13(14)15-10-6-9-12-7-4-3-5-8-12/h3-9H,1H2,2H3;3-9H,1,10H2,2H3. The number of fused-ring (bicyclic) bond motifs is 1.